The largest absolute Gasteiger partial charge is 0.338 e. The van der Waals surface area contributed by atoms with Crippen LogP contribution in [-0.4, -0.2) is 22.8 Å². The van der Waals surface area contributed by atoms with Crippen molar-refractivity contribution in [3.8, 4) is 0 Å². The highest BCUT2D eigenvalue weighted by Crippen LogP contribution is 2.21. The molecular formula is C21H18N2O3. The van der Waals surface area contributed by atoms with E-state index in [0.29, 0.717) is 12.1 Å². The smallest absolute Gasteiger partial charge is 0.276 e. The second kappa shape index (κ2) is 7.61. The van der Waals surface area contributed by atoms with Crippen LogP contribution in [0.2, 0.25) is 0 Å². The van der Waals surface area contributed by atoms with Crippen molar-refractivity contribution in [2.75, 3.05) is 7.05 Å². The van der Waals surface area contributed by atoms with E-state index >= 15 is 0 Å². The summed E-state index contributed by atoms with van der Waals surface area (Å²) >= 11 is 0. The molecule has 3 rings (SSSR count). The predicted molar refractivity (Wildman–Crippen MR) is 103 cm³/mol. The van der Waals surface area contributed by atoms with Crippen molar-refractivity contribution in [3.63, 3.8) is 0 Å². The molecule has 0 aliphatic rings. The summed E-state index contributed by atoms with van der Waals surface area (Å²) in [6.45, 7) is 0.460. The van der Waals surface area contributed by atoms with E-state index in [2.05, 4.69) is 0 Å². The number of fused-ring (bicyclic) bond motifs is 1. The number of nitro groups is 1. The topological polar surface area (TPSA) is 63.5 Å². The third-order valence-electron chi connectivity index (χ3n) is 4.20. The Balaban J connectivity index is 1.77. The molecule has 1 amide bonds. The van der Waals surface area contributed by atoms with Crippen molar-refractivity contribution < 1.29 is 9.72 Å². The summed E-state index contributed by atoms with van der Waals surface area (Å²) in [4.78, 5) is 24.6. The number of rotatable bonds is 5. The van der Waals surface area contributed by atoms with Crippen molar-refractivity contribution in [2.24, 2.45) is 0 Å². The van der Waals surface area contributed by atoms with Gasteiger partial charge in [-0.15, -0.1) is 0 Å². The highest BCUT2D eigenvalue weighted by Gasteiger charge is 2.12. The molecule has 0 fully saturated rings. The molecule has 0 unspecified atom stereocenters. The average molecular weight is 346 g/mol. The van der Waals surface area contributed by atoms with Crippen LogP contribution in [0.15, 0.2) is 72.8 Å². The number of likely N-dealkylation sites (N-methyl/N-ethyl adjacent to an activating group) is 1. The molecule has 0 radical (unpaired) electrons. The molecular weight excluding hydrogens is 328 g/mol. The van der Waals surface area contributed by atoms with Crippen LogP contribution in [0.1, 0.15) is 11.1 Å². The summed E-state index contributed by atoms with van der Waals surface area (Å²) in [5.41, 5.74) is 1.44. The molecule has 26 heavy (non-hydrogen) atoms. The van der Waals surface area contributed by atoms with Crippen molar-refractivity contribution in [1.82, 2.24) is 4.90 Å². The summed E-state index contributed by atoms with van der Waals surface area (Å²) in [5.74, 6) is -0.212. The Hall–Kier alpha value is -3.47. The van der Waals surface area contributed by atoms with Gasteiger partial charge in [-0.2, -0.15) is 0 Å². The Bertz CT molecular complexity index is 990. The maximum absolute atomic E-state index is 12.4. The lowest BCUT2D eigenvalue weighted by Gasteiger charge is -2.16. The van der Waals surface area contributed by atoms with Gasteiger partial charge in [0.05, 0.1) is 10.5 Å². The molecule has 0 heterocycles. The van der Waals surface area contributed by atoms with Gasteiger partial charge < -0.3 is 4.90 Å². The number of hydrogen-bond donors (Lipinski definition) is 0. The van der Waals surface area contributed by atoms with Gasteiger partial charge in [-0.05, 0) is 28.5 Å². The summed E-state index contributed by atoms with van der Waals surface area (Å²) in [6.07, 6.45) is 2.85. The highest BCUT2D eigenvalue weighted by atomic mass is 16.6. The van der Waals surface area contributed by atoms with E-state index in [1.165, 1.54) is 18.2 Å². The number of para-hydroxylation sites is 1. The number of carbonyl (C=O) groups is 1. The normalized spacial score (nSPS) is 11.0. The minimum absolute atomic E-state index is 0.0201. The molecule has 0 atom stereocenters. The van der Waals surface area contributed by atoms with Crippen LogP contribution >= 0.6 is 0 Å². The van der Waals surface area contributed by atoms with Gasteiger partial charge in [0.2, 0.25) is 5.91 Å². The van der Waals surface area contributed by atoms with Crippen LogP contribution in [0.3, 0.4) is 0 Å². The standard InChI is InChI=1S/C21H18N2O3/c1-22(15-18-10-6-9-16-7-2-4-11-19(16)18)21(24)14-13-17-8-3-5-12-20(17)23(25)26/h2-14H,15H2,1H3/b14-13-. The third kappa shape index (κ3) is 3.78. The minimum atomic E-state index is -0.454. The van der Waals surface area contributed by atoms with E-state index in [4.69, 9.17) is 0 Å². The van der Waals surface area contributed by atoms with Gasteiger partial charge in [0, 0.05) is 25.7 Å². The predicted octanol–water partition coefficient (Wildman–Crippen LogP) is 4.42. The minimum Gasteiger partial charge on any atom is -0.338 e. The first kappa shape index (κ1) is 17.4. The third-order valence-corrected chi connectivity index (χ3v) is 4.20. The Morgan fingerprint density at radius 2 is 1.73 bits per heavy atom. The fourth-order valence-electron chi connectivity index (χ4n) is 2.85. The van der Waals surface area contributed by atoms with Gasteiger partial charge in [-0.3, -0.25) is 14.9 Å². The molecule has 0 aromatic heterocycles. The lowest BCUT2D eigenvalue weighted by Crippen LogP contribution is -2.24. The van der Waals surface area contributed by atoms with Gasteiger partial charge in [0.25, 0.3) is 5.69 Å². The number of nitro benzene ring substituents is 1. The van der Waals surface area contributed by atoms with E-state index in [0.717, 1.165) is 16.3 Å². The first-order valence-electron chi connectivity index (χ1n) is 8.19. The molecule has 0 saturated carbocycles. The molecule has 3 aromatic carbocycles. The zero-order valence-corrected chi connectivity index (χ0v) is 14.3. The van der Waals surface area contributed by atoms with E-state index in [1.807, 2.05) is 42.5 Å². The van der Waals surface area contributed by atoms with Crippen LogP contribution in [-0.2, 0) is 11.3 Å². The molecule has 5 heteroatoms. The lowest BCUT2D eigenvalue weighted by atomic mass is 10.0. The molecule has 0 aliphatic heterocycles. The Kier molecular flexibility index (Phi) is 5.08. The first-order valence-corrected chi connectivity index (χ1v) is 8.19. The van der Waals surface area contributed by atoms with Crippen molar-refractivity contribution >= 4 is 28.4 Å². The number of amides is 1. The average Bonchev–Trinajstić information content (AvgIpc) is 2.66. The molecule has 0 saturated heterocycles. The van der Waals surface area contributed by atoms with Gasteiger partial charge in [0.1, 0.15) is 0 Å². The fraction of sp³-hybridized carbons (Fsp3) is 0.0952. The fourth-order valence-corrected chi connectivity index (χ4v) is 2.85. The van der Waals surface area contributed by atoms with Gasteiger partial charge in [-0.25, -0.2) is 0 Å². The molecule has 5 nitrogen and oxygen atoms in total. The van der Waals surface area contributed by atoms with Gasteiger partial charge >= 0.3 is 0 Å². The van der Waals surface area contributed by atoms with Crippen LogP contribution < -0.4 is 0 Å². The Labute approximate surface area is 151 Å². The van der Waals surface area contributed by atoms with Crippen LogP contribution in [0, 0.1) is 10.1 Å². The molecule has 0 bridgehead atoms. The number of carbonyl (C=O) groups excluding carboxylic acids is 1. The van der Waals surface area contributed by atoms with E-state index in [1.54, 1.807) is 30.1 Å². The van der Waals surface area contributed by atoms with E-state index in [-0.39, 0.29) is 11.6 Å². The Morgan fingerprint density at radius 1 is 1.04 bits per heavy atom. The number of hydrogen-bond acceptors (Lipinski definition) is 3. The van der Waals surface area contributed by atoms with E-state index < -0.39 is 4.92 Å². The lowest BCUT2D eigenvalue weighted by molar-refractivity contribution is -0.385. The molecule has 0 aliphatic carbocycles. The molecule has 3 aromatic rings. The van der Waals surface area contributed by atoms with Crippen molar-refractivity contribution in [2.45, 2.75) is 6.54 Å². The highest BCUT2D eigenvalue weighted by molar-refractivity contribution is 5.93. The molecule has 0 N–H and O–H groups in total. The zero-order valence-electron chi connectivity index (χ0n) is 14.3. The summed E-state index contributed by atoms with van der Waals surface area (Å²) in [7, 11) is 1.72. The van der Waals surface area contributed by atoms with Crippen LogP contribution in [0.4, 0.5) is 5.69 Å². The quantitative estimate of drug-likeness (QED) is 0.390. The molecule has 0 spiro atoms. The maximum Gasteiger partial charge on any atom is 0.276 e. The van der Waals surface area contributed by atoms with Gasteiger partial charge in [-0.1, -0.05) is 54.6 Å². The molecule has 130 valence electrons. The van der Waals surface area contributed by atoms with Gasteiger partial charge in [0.15, 0.2) is 0 Å². The van der Waals surface area contributed by atoms with Crippen molar-refractivity contribution in [1.29, 1.82) is 0 Å². The summed E-state index contributed by atoms with van der Waals surface area (Å²) < 4.78 is 0. The van der Waals surface area contributed by atoms with Crippen LogP contribution in [0.25, 0.3) is 16.8 Å². The SMILES string of the molecule is CN(Cc1cccc2ccccc12)C(=O)/C=C\c1ccccc1[N+](=O)[O-]. The first-order chi connectivity index (χ1) is 12.6. The van der Waals surface area contributed by atoms with Crippen LogP contribution in [0.5, 0.6) is 0 Å². The number of nitrogens with zero attached hydrogens (tertiary/aromatic N) is 2. The maximum atomic E-state index is 12.4. The summed E-state index contributed by atoms with van der Waals surface area (Å²) in [6, 6.07) is 20.4. The van der Waals surface area contributed by atoms with E-state index in [9.17, 15) is 14.9 Å². The zero-order chi connectivity index (χ0) is 18.5. The van der Waals surface area contributed by atoms with Crippen molar-refractivity contribution in [3.05, 3.63) is 94.0 Å². The number of benzene rings is 3. The summed E-state index contributed by atoms with van der Waals surface area (Å²) in [5, 5.41) is 13.3. The second-order valence-corrected chi connectivity index (χ2v) is 5.98. The monoisotopic (exact) mass is 346 g/mol. The Morgan fingerprint density at radius 3 is 2.54 bits per heavy atom. The second-order valence-electron chi connectivity index (χ2n) is 5.98.